The van der Waals surface area contributed by atoms with Crippen molar-refractivity contribution in [3.63, 3.8) is 0 Å². The molecule has 1 N–H and O–H groups in total. The molecule has 174 valence electrons. The zero-order valence-corrected chi connectivity index (χ0v) is 21.6. The molecule has 0 saturated heterocycles. The van der Waals surface area contributed by atoms with E-state index in [0.29, 0.717) is 17.9 Å². The van der Waals surface area contributed by atoms with Gasteiger partial charge in [0.15, 0.2) is 0 Å². The Hall–Kier alpha value is 0.570. The van der Waals surface area contributed by atoms with Gasteiger partial charge in [-0.3, -0.25) is 5.26 Å². The molecule has 5 heteroatoms. The Kier molecular flexibility index (Phi) is 7.46. The highest BCUT2D eigenvalue weighted by Crippen LogP contribution is 2.69. The first-order valence-electron chi connectivity index (χ1n) is 12.4. The minimum atomic E-state index is 0.215. The zero-order valence-electron chi connectivity index (χ0n) is 19.4. The number of hydrogen-bond donors (Lipinski definition) is 1. The Morgan fingerprint density at radius 2 is 1.87 bits per heavy atom. The Labute approximate surface area is 197 Å². The van der Waals surface area contributed by atoms with Crippen LogP contribution in [0.25, 0.3) is 0 Å². The van der Waals surface area contributed by atoms with E-state index in [9.17, 15) is 0 Å². The Balaban J connectivity index is 1.60. The largest absolute Gasteiger partial charge is 0.252 e. The van der Waals surface area contributed by atoms with Gasteiger partial charge < -0.3 is 0 Å². The first kappa shape index (κ1) is 23.7. The second-order valence-electron chi connectivity index (χ2n) is 11.6. The van der Waals surface area contributed by atoms with Crippen molar-refractivity contribution in [1.29, 1.82) is 0 Å². The molecule has 4 aliphatic rings. The standard InChI is InChI=1S/C25H43IO4/c1-16(10-12-26)20-7-8-21-19-6-5-18-13-17(15-29-27)9-11-24(18,2)22(19)14-23(30-28-4)25(20,21)3/h16-23,27H,5-15H2,1-4H3/t16-,17-,18-,19+,20-,21+,22+,23+,24+,25-/m1/s1. The first-order chi connectivity index (χ1) is 14.4. The Morgan fingerprint density at radius 3 is 2.57 bits per heavy atom. The molecular weight excluding hydrogens is 491 g/mol. The molecule has 0 aliphatic heterocycles. The average molecular weight is 535 g/mol. The number of rotatable bonds is 7. The monoisotopic (exact) mass is 534 g/mol. The van der Waals surface area contributed by atoms with Crippen LogP contribution in [0, 0.1) is 52.3 Å². The molecule has 0 spiro atoms. The molecule has 0 bridgehead atoms. The summed E-state index contributed by atoms with van der Waals surface area (Å²) in [5, 5.41) is 8.97. The normalized spacial score (nSPS) is 49.2. The van der Waals surface area contributed by atoms with Crippen molar-refractivity contribution in [2.75, 3.05) is 18.1 Å². The van der Waals surface area contributed by atoms with Crippen molar-refractivity contribution in [2.45, 2.75) is 84.7 Å². The highest BCUT2D eigenvalue weighted by molar-refractivity contribution is 14.1. The molecule has 4 aliphatic carbocycles. The molecule has 4 rings (SSSR count). The van der Waals surface area contributed by atoms with E-state index in [1.54, 1.807) is 7.11 Å². The summed E-state index contributed by atoms with van der Waals surface area (Å²) in [7, 11) is 1.70. The van der Waals surface area contributed by atoms with Gasteiger partial charge in [0.2, 0.25) is 0 Å². The van der Waals surface area contributed by atoms with E-state index in [4.69, 9.17) is 15.0 Å². The lowest BCUT2D eigenvalue weighted by Crippen LogP contribution is -2.59. The van der Waals surface area contributed by atoms with Gasteiger partial charge in [0, 0.05) is 5.41 Å². The number of alkyl halides is 1. The number of fused-ring (bicyclic) bond motifs is 5. The van der Waals surface area contributed by atoms with Gasteiger partial charge >= 0.3 is 0 Å². The van der Waals surface area contributed by atoms with Crippen LogP contribution in [-0.4, -0.2) is 29.5 Å². The highest BCUT2D eigenvalue weighted by atomic mass is 127. The van der Waals surface area contributed by atoms with Crippen LogP contribution in [0.1, 0.15) is 78.6 Å². The van der Waals surface area contributed by atoms with Crippen LogP contribution in [0.3, 0.4) is 0 Å². The van der Waals surface area contributed by atoms with Crippen LogP contribution in [0.4, 0.5) is 0 Å². The summed E-state index contributed by atoms with van der Waals surface area (Å²) >= 11 is 2.54. The summed E-state index contributed by atoms with van der Waals surface area (Å²) in [6, 6.07) is 0. The van der Waals surface area contributed by atoms with Crippen LogP contribution in [0.15, 0.2) is 0 Å². The first-order valence-corrected chi connectivity index (χ1v) is 13.9. The molecule has 0 radical (unpaired) electrons. The summed E-state index contributed by atoms with van der Waals surface area (Å²) in [4.78, 5) is 16.1. The summed E-state index contributed by atoms with van der Waals surface area (Å²) in [5.74, 6) is 5.15. The highest BCUT2D eigenvalue weighted by Gasteiger charge is 2.64. The van der Waals surface area contributed by atoms with Gasteiger partial charge in [0.25, 0.3) is 0 Å². The van der Waals surface area contributed by atoms with E-state index >= 15 is 0 Å². The topological polar surface area (TPSA) is 47.9 Å². The van der Waals surface area contributed by atoms with Gasteiger partial charge in [0.05, 0.1) is 19.8 Å². The van der Waals surface area contributed by atoms with Crippen LogP contribution < -0.4 is 0 Å². The van der Waals surface area contributed by atoms with Gasteiger partial charge in [0.1, 0.15) is 0 Å². The van der Waals surface area contributed by atoms with E-state index in [1.165, 1.54) is 55.8 Å². The van der Waals surface area contributed by atoms with E-state index in [0.717, 1.165) is 41.9 Å². The van der Waals surface area contributed by atoms with Crippen molar-refractivity contribution in [3.8, 4) is 0 Å². The predicted octanol–water partition coefficient (Wildman–Crippen LogP) is 6.77. The lowest BCUT2D eigenvalue weighted by atomic mass is 9.43. The predicted molar refractivity (Wildman–Crippen MR) is 127 cm³/mol. The molecule has 0 aromatic carbocycles. The smallest absolute Gasteiger partial charge is 0.0991 e. The molecule has 4 nitrogen and oxygen atoms in total. The average Bonchev–Trinajstić information content (AvgIpc) is 3.08. The molecule has 4 saturated carbocycles. The molecule has 0 amide bonds. The van der Waals surface area contributed by atoms with E-state index < -0.39 is 0 Å². The zero-order chi connectivity index (χ0) is 21.5. The van der Waals surface area contributed by atoms with Crippen LogP contribution >= 0.6 is 22.6 Å². The fourth-order valence-electron chi connectivity index (χ4n) is 9.13. The van der Waals surface area contributed by atoms with E-state index in [2.05, 4.69) is 48.2 Å². The SMILES string of the molecule is COO[C@H]1C[C@H]2[C@@H](CC[C@@H]3C[C@H](COO)CC[C@@]32C)[C@@H]2CC[C@H]([C@H](C)CCI)[C@@]12C. The lowest BCUT2D eigenvalue weighted by molar-refractivity contribution is -0.352. The Bertz CT molecular complexity index is 587. The number of hydrogen-bond acceptors (Lipinski definition) is 4. The Morgan fingerprint density at radius 1 is 1.07 bits per heavy atom. The van der Waals surface area contributed by atoms with E-state index in [-0.39, 0.29) is 11.5 Å². The second kappa shape index (κ2) is 9.44. The maximum Gasteiger partial charge on any atom is 0.0991 e. The molecule has 30 heavy (non-hydrogen) atoms. The molecule has 0 aromatic heterocycles. The van der Waals surface area contributed by atoms with Crippen LogP contribution in [-0.2, 0) is 14.7 Å². The molecule has 0 heterocycles. The van der Waals surface area contributed by atoms with Gasteiger partial charge in [-0.05, 0) is 109 Å². The van der Waals surface area contributed by atoms with Crippen molar-refractivity contribution < 1.29 is 19.9 Å². The number of halogens is 1. The molecule has 0 aromatic rings. The van der Waals surface area contributed by atoms with Crippen molar-refractivity contribution in [2.24, 2.45) is 52.3 Å². The van der Waals surface area contributed by atoms with Crippen LogP contribution in [0.2, 0.25) is 0 Å². The van der Waals surface area contributed by atoms with Crippen LogP contribution in [0.5, 0.6) is 0 Å². The van der Waals surface area contributed by atoms with E-state index in [1.807, 2.05) is 0 Å². The second-order valence-corrected chi connectivity index (χ2v) is 12.7. The quantitative estimate of drug-likeness (QED) is 0.170. The molecule has 4 fully saturated rings. The van der Waals surface area contributed by atoms with Crippen molar-refractivity contribution in [1.82, 2.24) is 0 Å². The lowest BCUT2D eigenvalue weighted by Gasteiger charge is -2.63. The third-order valence-corrected chi connectivity index (χ3v) is 11.3. The molecule has 0 unspecified atom stereocenters. The minimum Gasteiger partial charge on any atom is -0.252 e. The fourth-order valence-corrected chi connectivity index (χ4v) is 10.1. The molecular formula is C25H43IO4. The summed E-state index contributed by atoms with van der Waals surface area (Å²) < 4.78 is 1.25. The fraction of sp³-hybridized carbons (Fsp3) is 1.00. The summed E-state index contributed by atoms with van der Waals surface area (Å²) in [5.41, 5.74) is 0.644. The van der Waals surface area contributed by atoms with Crippen molar-refractivity contribution >= 4 is 22.6 Å². The minimum absolute atomic E-state index is 0.215. The van der Waals surface area contributed by atoms with Gasteiger partial charge in [-0.1, -0.05) is 43.4 Å². The van der Waals surface area contributed by atoms with Gasteiger partial charge in [-0.15, -0.1) is 0 Å². The molecule has 10 atom stereocenters. The maximum atomic E-state index is 8.97. The summed E-state index contributed by atoms with van der Waals surface area (Å²) in [6.07, 6.45) is 11.8. The van der Waals surface area contributed by atoms with Gasteiger partial charge in [-0.2, -0.15) is 0 Å². The summed E-state index contributed by atoms with van der Waals surface area (Å²) in [6.45, 7) is 8.13. The third-order valence-electron chi connectivity index (χ3n) is 10.7. The van der Waals surface area contributed by atoms with Crippen molar-refractivity contribution in [3.05, 3.63) is 0 Å². The third kappa shape index (κ3) is 3.80. The van der Waals surface area contributed by atoms with Gasteiger partial charge in [-0.25, -0.2) is 14.7 Å². The maximum absolute atomic E-state index is 8.97.